The molecule has 0 bridgehead atoms. The zero-order valence-electron chi connectivity index (χ0n) is 20.9. The van der Waals surface area contributed by atoms with Crippen LogP contribution in [0.4, 0.5) is 4.39 Å². The van der Waals surface area contributed by atoms with Crippen molar-refractivity contribution < 1.29 is 13.9 Å². The van der Waals surface area contributed by atoms with Crippen LogP contribution in [0.2, 0.25) is 0 Å². The normalized spacial score (nSPS) is 19.5. The number of pyridine rings is 2. The monoisotopic (exact) mass is 501 g/mol. The summed E-state index contributed by atoms with van der Waals surface area (Å²) in [7, 11) is 0. The third-order valence-corrected chi connectivity index (χ3v) is 7.88. The number of nitrogens with one attached hydrogen (secondary N) is 1. The molecule has 0 spiro atoms. The number of nitrogens with zero attached hydrogens (tertiary/aromatic N) is 4. The average Bonchev–Trinajstić information content (AvgIpc) is 3.42. The fourth-order valence-corrected chi connectivity index (χ4v) is 5.89. The Bertz CT molecular complexity index is 1380. The van der Waals surface area contributed by atoms with Crippen LogP contribution in [-0.4, -0.2) is 70.0 Å². The summed E-state index contributed by atoms with van der Waals surface area (Å²) in [6.07, 6.45) is 9.78. The van der Waals surface area contributed by atoms with Gasteiger partial charge in [-0.1, -0.05) is 0 Å². The largest absolute Gasteiger partial charge is 0.493 e. The molecule has 37 heavy (non-hydrogen) atoms. The zero-order valence-corrected chi connectivity index (χ0v) is 20.9. The second-order valence-electron chi connectivity index (χ2n) is 10.3. The highest BCUT2D eigenvalue weighted by atomic mass is 19.1. The second-order valence-corrected chi connectivity index (χ2v) is 10.3. The molecule has 1 aromatic carbocycles. The molecule has 192 valence electrons. The number of amides is 1. The van der Waals surface area contributed by atoms with Crippen LogP contribution in [0.5, 0.6) is 5.75 Å². The van der Waals surface area contributed by atoms with Gasteiger partial charge in [0.1, 0.15) is 11.6 Å². The van der Waals surface area contributed by atoms with E-state index in [4.69, 9.17) is 4.74 Å². The van der Waals surface area contributed by atoms with E-state index < -0.39 is 0 Å². The highest BCUT2D eigenvalue weighted by Crippen LogP contribution is 2.35. The summed E-state index contributed by atoms with van der Waals surface area (Å²) in [5.74, 6) is 1.36. The Morgan fingerprint density at radius 2 is 1.89 bits per heavy atom. The van der Waals surface area contributed by atoms with E-state index in [-0.39, 0.29) is 11.7 Å². The number of ether oxygens (including phenoxy) is 1. The Labute approximate surface area is 215 Å². The van der Waals surface area contributed by atoms with E-state index in [1.54, 1.807) is 12.1 Å². The molecule has 1 N–H and O–H groups in total. The molecular weight excluding hydrogens is 469 g/mol. The molecule has 2 saturated heterocycles. The van der Waals surface area contributed by atoms with Gasteiger partial charge in [-0.05, 0) is 86.7 Å². The standard InChI is InChI=1S/C29H32FN5O2/c30-22-3-5-23(6-4-22)37-19-20-2-1-13-35(17-20)27(36)18-34-14-9-21(10-15-34)24-7-11-31-26-16-33-29-25(28(24)26)8-12-32-29/h3-8,11-12,16,20-21,31H,1-2,9-10,13-15,17-19H2. The Kier molecular flexibility index (Phi) is 6.74. The van der Waals surface area contributed by atoms with Crippen molar-refractivity contribution in [2.45, 2.75) is 31.6 Å². The maximum Gasteiger partial charge on any atom is 0.236 e. The number of aromatic amines is 1. The summed E-state index contributed by atoms with van der Waals surface area (Å²) in [6, 6.07) is 10.4. The van der Waals surface area contributed by atoms with Gasteiger partial charge in [0.15, 0.2) is 5.65 Å². The number of halogens is 1. The van der Waals surface area contributed by atoms with Crippen molar-refractivity contribution >= 4 is 27.8 Å². The number of hydrogen-bond acceptors (Lipinski definition) is 5. The summed E-state index contributed by atoms with van der Waals surface area (Å²) in [5, 5.41) is 2.33. The number of fused-ring (bicyclic) bond motifs is 3. The smallest absolute Gasteiger partial charge is 0.236 e. The fraction of sp³-hybridized carbons (Fsp3) is 0.414. The number of hydrogen-bond donors (Lipinski definition) is 1. The molecule has 2 aliphatic heterocycles. The Balaban J connectivity index is 1.03. The lowest BCUT2D eigenvalue weighted by Gasteiger charge is -2.36. The number of benzene rings is 1. The van der Waals surface area contributed by atoms with E-state index in [0.29, 0.717) is 30.7 Å². The number of carbonyl (C=O) groups excluding carboxylic acids is 1. The lowest BCUT2D eigenvalue weighted by Crippen LogP contribution is -2.47. The highest BCUT2D eigenvalue weighted by molar-refractivity contribution is 6.05. The van der Waals surface area contributed by atoms with Crippen LogP contribution < -0.4 is 4.74 Å². The van der Waals surface area contributed by atoms with Gasteiger partial charge in [-0.2, -0.15) is 0 Å². The molecule has 5 heterocycles. The number of rotatable bonds is 6. The van der Waals surface area contributed by atoms with Gasteiger partial charge in [-0.3, -0.25) is 9.69 Å². The predicted molar refractivity (Wildman–Crippen MR) is 141 cm³/mol. The maximum atomic E-state index is 13.2. The predicted octanol–water partition coefficient (Wildman–Crippen LogP) is 4.75. The SMILES string of the molecule is O=C(CN1CCC(c2cc[nH]c3cnc4nccc4c23)CC1)N1CCCC(COc2ccc(F)cc2)C1. The Morgan fingerprint density at radius 3 is 2.73 bits per heavy atom. The van der Waals surface area contributed by atoms with E-state index in [1.807, 2.05) is 29.6 Å². The minimum Gasteiger partial charge on any atom is -0.493 e. The van der Waals surface area contributed by atoms with Gasteiger partial charge in [0, 0.05) is 42.2 Å². The van der Waals surface area contributed by atoms with E-state index in [1.165, 1.54) is 23.1 Å². The van der Waals surface area contributed by atoms with Crippen LogP contribution in [0.1, 0.15) is 37.2 Å². The topological polar surface area (TPSA) is 74.4 Å². The molecule has 1 atom stereocenters. The van der Waals surface area contributed by atoms with E-state index in [9.17, 15) is 9.18 Å². The van der Waals surface area contributed by atoms with Crippen LogP contribution in [0.15, 0.2) is 55.0 Å². The summed E-state index contributed by atoms with van der Waals surface area (Å²) < 4.78 is 19.0. The number of carbonyl (C=O) groups is 1. The molecule has 6 rings (SSSR count). The van der Waals surface area contributed by atoms with Crippen molar-refractivity contribution in [3.8, 4) is 5.75 Å². The molecule has 2 aliphatic rings. The minimum absolute atomic E-state index is 0.209. The first-order valence-corrected chi connectivity index (χ1v) is 13.2. The first-order valence-electron chi connectivity index (χ1n) is 13.2. The summed E-state index contributed by atoms with van der Waals surface area (Å²) in [4.78, 5) is 29.6. The van der Waals surface area contributed by atoms with Crippen molar-refractivity contribution in [1.82, 2.24) is 24.8 Å². The maximum absolute atomic E-state index is 13.2. The molecule has 4 aromatic rings. The van der Waals surface area contributed by atoms with Crippen LogP contribution in [0, 0.1) is 11.7 Å². The van der Waals surface area contributed by atoms with Gasteiger partial charge in [-0.25, -0.2) is 14.4 Å². The summed E-state index contributed by atoms with van der Waals surface area (Å²) >= 11 is 0. The molecule has 0 saturated carbocycles. The molecule has 0 aliphatic carbocycles. The van der Waals surface area contributed by atoms with Gasteiger partial charge in [0.2, 0.25) is 5.91 Å². The minimum atomic E-state index is -0.268. The molecule has 1 unspecified atom stereocenters. The van der Waals surface area contributed by atoms with Crippen LogP contribution in [0.25, 0.3) is 21.9 Å². The third-order valence-electron chi connectivity index (χ3n) is 7.88. The molecule has 8 heteroatoms. The third kappa shape index (κ3) is 5.16. The number of aromatic nitrogens is 3. The molecule has 2 fully saturated rings. The van der Waals surface area contributed by atoms with Crippen molar-refractivity contribution in [3.63, 3.8) is 0 Å². The molecule has 0 radical (unpaired) electrons. The number of likely N-dealkylation sites (tertiary alicyclic amines) is 2. The molecule has 1 amide bonds. The summed E-state index contributed by atoms with van der Waals surface area (Å²) in [6.45, 7) is 4.38. The van der Waals surface area contributed by atoms with Gasteiger partial charge in [-0.15, -0.1) is 0 Å². The Morgan fingerprint density at radius 1 is 1.05 bits per heavy atom. The quantitative estimate of drug-likeness (QED) is 0.413. The zero-order chi connectivity index (χ0) is 25.2. The van der Waals surface area contributed by atoms with Gasteiger partial charge in [0.05, 0.1) is 24.9 Å². The lowest BCUT2D eigenvalue weighted by molar-refractivity contribution is -0.134. The fourth-order valence-electron chi connectivity index (χ4n) is 5.89. The van der Waals surface area contributed by atoms with Crippen molar-refractivity contribution in [1.29, 1.82) is 0 Å². The van der Waals surface area contributed by atoms with Crippen LogP contribution >= 0.6 is 0 Å². The van der Waals surface area contributed by atoms with E-state index in [2.05, 4.69) is 25.9 Å². The summed E-state index contributed by atoms with van der Waals surface area (Å²) in [5.41, 5.74) is 3.18. The first kappa shape index (κ1) is 23.9. The first-order chi connectivity index (χ1) is 18.1. The van der Waals surface area contributed by atoms with Gasteiger partial charge >= 0.3 is 0 Å². The van der Waals surface area contributed by atoms with Gasteiger partial charge in [0.25, 0.3) is 0 Å². The number of piperidine rings is 2. The molecular formula is C29H32FN5O2. The van der Waals surface area contributed by atoms with Gasteiger partial charge < -0.3 is 14.6 Å². The lowest BCUT2D eigenvalue weighted by atomic mass is 9.87. The highest BCUT2D eigenvalue weighted by Gasteiger charge is 2.28. The van der Waals surface area contributed by atoms with E-state index in [0.717, 1.165) is 68.4 Å². The van der Waals surface area contributed by atoms with Crippen molar-refractivity contribution in [3.05, 3.63) is 66.4 Å². The second kappa shape index (κ2) is 10.5. The Hall–Kier alpha value is -3.52. The van der Waals surface area contributed by atoms with E-state index >= 15 is 0 Å². The van der Waals surface area contributed by atoms with Crippen LogP contribution in [0.3, 0.4) is 0 Å². The molecule has 7 nitrogen and oxygen atoms in total. The van der Waals surface area contributed by atoms with Crippen molar-refractivity contribution in [2.75, 3.05) is 39.3 Å². The average molecular weight is 502 g/mol. The van der Waals surface area contributed by atoms with Crippen molar-refractivity contribution in [2.24, 2.45) is 5.92 Å². The number of H-pyrrole nitrogens is 1. The molecule has 3 aromatic heterocycles. The van der Waals surface area contributed by atoms with Crippen LogP contribution in [-0.2, 0) is 4.79 Å².